The molecule has 71 heavy (non-hydrogen) atoms. The number of hydrogen-bond acceptors (Lipinski definition) is 5. The summed E-state index contributed by atoms with van der Waals surface area (Å²) in [6, 6.07) is 4.01. The predicted octanol–water partition coefficient (Wildman–Crippen LogP) is 21.4. The summed E-state index contributed by atoms with van der Waals surface area (Å²) in [6.07, 6.45) is 64.6. The van der Waals surface area contributed by atoms with E-state index in [1.165, 1.54) is 284 Å². The molecule has 0 spiro atoms. The second-order valence-electron chi connectivity index (χ2n) is 22.1. The second kappa shape index (κ2) is 52.7. The van der Waals surface area contributed by atoms with Crippen LogP contribution in [0, 0.1) is 0 Å². The van der Waals surface area contributed by atoms with Crippen LogP contribution in [-0.4, -0.2) is 25.6 Å². The summed E-state index contributed by atoms with van der Waals surface area (Å²) in [5, 5.41) is 12.6. The molecule has 0 aromatic heterocycles. The van der Waals surface area contributed by atoms with Gasteiger partial charge in [-0.2, -0.15) is 0 Å². The number of allylic oxidation sites excluding steroid dienone is 2. The van der Waals surface area contributed by atoms with Crippen LogP contribution in [-0.2, 0) is 11.2 Å². The van der Waals surface area contributed by atoms with Crippen LogP contribution >= 0.6 is 0 Å². The smallest absolute Gasteiger partial charge is 0.203 e. The van der Waals surface area contributed by atoms with Crippen molar-refractivity contribution < 1.29 is 24.1 Å². The van der Waals surface area contributed by atoms with Crippen LogP contribution in [0.2, 0.25) is 0 Å². The van der Waals surface area contributed by atoms with Crippen molar-refractivity contribution in [1.29, 1.82) is 0 Å². The average Bonchev–Trinajstić information content (AvgIpc) is 3.36. The van der Waals surface area contributed by atoms with E-state index in [2.05, 4.69) is 20.8 Å². The number of ketones is 1. The Morgan fingerprint density at radius 2 is 0.549 bits per heavy atom. The van der Waals surface area contributed by atoms with Crippen LogP contribution in [0.3, 0.4) is 0 Å². The number of benzene rings is 1. The fraction of sp³-hybridized carbons (Fsp3) is 0.864. The molecule has 5 heteroatoms. The summed E-state index contributed by atoms with van der Waals surface area (Å²) in [5.41, 5.74) is 1.18. The van der Waals surface area contributed by atoms with Crippen LogP contribution < -0.4 is 19.3 Å². The molecule has 0 bridgehead atoms. The van der Waals surface area contributed by atoms with Gasteiger partial charge in [0.2, 0.25) is 5.75 Å². The minimum Gasteiger partial charge on any atom is -0.875 e. The topological polar surface area (TPSA) is 67.8 Å². The molecule has 0 amide bonds. The molecule has 416 valence electrons. The third kappa shape index (κ3) is 42.8. The van der Waals surface area contributed by atoms with E-state index in [-0.39, 0.29) is 18.0 Å². The monoisotopic (exact) mass is 994 g/mol. The first-order chi connectivity index (χ1) is 34.9. The van der Waals surface area contributed by atoms with Gasteiger partial charge in [0.25, 0.3) is 0 Å². The highest BCUT2D eigenvalue weighted by atomic mass is 16.5. The maximum atomic E-state index is 12.6. The summed E-state index contributed by atoms with van der Waals surface area (Å²) in [7, 11) is 0. The zero-order valence-corrected chi connectivity index (χ0v) is 48.5. The quantitative estimate of drug-likeness (QED) is 0.0370. The fourth-order valence-corrected chi connectivity index (χ4v) is 10.3. The number of Topliss-reactive ketones (excluding diaryl/α,β-unsaturated/α-hetero) is 1. The van der Waals surface area contributed by atoms with Gasteiger partial charge < -0.3 is 19.3 Å². The Kier molecular flexibility index (Phi) is 49.6. The normalized spacial score (nSPS) is 11.9. The lowest BCUT2D eigenvalue weighted by molar-refractivity contribution is -0.303. The molecule has 0 radical (unpaired) electrons. The van der Waals surface area contributed by atoms with Gasteiger partial charge >= 0.3 is 0 Å². The van der Waals surface area contributed by atoms with Crippen LogP contribution in [0.1, 0.15) is 348 Å². The van der Waals surface area contributed by atoms with Gasteiger partial charge in [-0.05, 0) is 49.5 Å². The van der Waals surface area contributed by atoms with E-state index in [1.54, 1.807) is 0 Å². The van der Waals surface area contributed by atoms with E-state index >= 15 is 0 Å². The lowest BCUT2D eigenvalue weighted by Crippen LogP contribution is -2.12. The first kappa shape index (κ1) is 66.8. The minimum atomic E-state index is -0.174. The van der Waals surface area contributed by atoms with E-state index < -0.39 is 0 Å². The van der Waals surface area contributed by atoms with E-state index in [0.29, 0.717) is 42.6 Å². The largest absolute Gasteiger partial charge is 0.875 e. The summed E-state index contributed by atoms with van der Waals surface area (Å²) >= 11 is 0. The molecule has 1 aromatic carbocycles. The van der Waals surface area contributed by atoms with Crippen molar-refractivity contribution in [3.05, 3.63) is 29.0 Å². The minimum absolute atomic E-state index is 0.174. The lowest BCUT2D eigenvalue weighted by Gasteiger charge is -2.20. The molecule has 0 heterocycles. The molecule has 0 fully saturated rings. The number of hydrogen-bond donors (Lipinski definition) is 0. The number of carbonyl (C=O) groups is 1. The van der Waals surface area contributed by atoms with Gasteiger partial charge in [-0.3, -0.25) is 4.79 Å². The first-order valence-corrected chi connectivity index (χ1v) is 31.9. The average molecular weight is 995 g/mol. The van der Waals surface area contributed by atoms with E-state index in [0.717, 1.165) is 44.1 Å². The van der Waals surface area contributed by atoms with Crippen molar-refractivity contribution in [2.45, 2.75) is 349 Å². The highest BCUT2D eigenvalue weighted by Gasteiger charge is 2.18. The molecule has 1 rings (SSSR count). The number of rotatable bonds is 57. The van der Waals surface area contributed by atoms with Crippen molar-refractivity contribution in [3.63, 3.8) is 0 Å². The first-order valence-electron chi connectivity index (χ1n) is 31.9. The number of carbonyl (C=O) groups excluding carboxylic acids is 1. The van der Waals surface area contributed by atoms with E-state index in [9.17, 15) is 9.90 Å². The Hall–Kier alpha value is -2.17. The van der Waals surface area contributed by atoms with Crippen molar-refractivity contribution in [2.75, 3.05) is 19.8 Å². The highest BCUT2D eigenvalue weighted by molar-refractivity contribution is 5.94. The Morgan fingerprint density at radius 1 is 0.338 bits per heavy atom. The number of ether oxygens (including phenoxy) is 3. The Labute approximate surface area is 443 Å². The second-order valence-corrected chi connectivity index (χ2v) is 22.1. The molecule has 0 N–H and O–H groups in total. The molecule has 0 atom stereocenters. The van der Waals surface area contributed by atoms with Gasteiger partial charge in [0.1, 0.15) is 0 Å². The molecule has 1 aromatic rings. The molecule has 0 aliphatic rings. The molecule has 0 aliphatic carbocycles. The third-order valence-electron chi connectivity index (χ3n) is 15.1. The highest BCUT2D eigenvalue weighted by Crippen LogP contribution is 2.40. The van der Waals surface area contributed by atoms with E-state index in [4.69, 9.17) is 14.2 Å². The van der Waals surface area contributed by atoms with Gasteiger partial charge in [-0.25, -0.2) is 0 Å². The summed E-state index contributed by atoms with van der Waals surface area (Å²) in [5.74, 6) is 1.72. The van der Waals surface area contributed by atoms with Crippen molar-refractivity contribution in [1.82, 2.24) is 0 Å². The molecule has 0 aliphatic heterocycles. The lowest BCUT2D eigenvalue weighted by atomic mass is 10.0. The Balaban J connectivity index is 2.69. The van der Waals surface area contributed by atoms with E-state index in [1.807, 2.05) is 12.1 Å². The van der Waals surface area contributed by atoms with Crippen molar-refractivity contribution >= 4 is 5.78 Å². The standard InChI is InChI=1S/C66H122O5/c1-6-9-12-15-18-21-24-27-30-33-36-39-42-45-48-51-54-69-64-58-62(57-63(60(4)67)61(5)68)59-65(70-55-52-49-46-43-40-37-34-31-28-25-22-19-16-13-10-7-2)66(64)71-56-53-50-47-44-41-38-35-32-29-26-23-20-17-14-11-8-3/h58-59,67H,6-57H2,1-5H3/p-1/b63-60-. The van der Waals surface area contributed by atoms with Gasteiger partial charge in [0.15, 0.2) is 17.3 Å². The third-order valence-corrected chi connectivity index (χ3v) is 15.1. The number of unbranched alkanes of at least 4 members (excludes halogenated alkanes) is 45. The predicted molar refractivity (Wildman–Crippen MR) is 309 cm³/mol. The van der Waals surface area contributed by atoms with Gasteiger partial charge in [0, 0.05) is 6.42 Å². The summed E-state index contributed by atoms with van der Waals surface area (Å²) in [4.78, 5) is 12.6. The van der Waals surface area contributed by atoms with Crippen LogP contribution in [0.25, 0.3) is 0 Å². The summed E-state index contributed by atoms with van der Waals surface area (Å²) < 4.78 is 19.8. The van der Waals surface area contributed by atoms with Crippen LogP contribution in [0.15, 0.2) is 23.5 Å². The zero-order valence-electron chi connectivity index (χ0n) is 48.5. The van der Waals surface area contributed by atoms with Crippen molar-refractivity contribution in [3.8, 4) is 17.2 Å². The van der Waals surface area contributed by atoms with Gasteiger partial charge in [0.05, 0.1) is 19.8 Å². The maximum Gasteiger partial charge on any atom is 0.203 e. The maximum absolute atomic E-state index is 12.6. The SMILES string of the molecule is CCCCCCCCCCCCCCCCCCOc1cc(C/C(C(C)=O)=C(\C)[O-])cc(OCCCCCCCCCCCCCCCCCC)c1OCCCCCCCCCCCCCCCCCC. The Morgan fingerprint density at radius 3 is 0.761 bits per heavy atom. The molecule has 5 nitrogen and oxygen atoms in total. The molecular weight excluding hydrogens is 873 g/mol. The van der Waals surface area contributed by atoms with Crippen LogP contribution in [0.4, 0.5) is 0 Å². The molecular formula is C66H121O5-. The molecule has 0 saturated heterocycles. The zero-order chi connectivity index (χ0) is 51.3. The van der Waals surface area contributed by atoms with Crippen LogP contribution in [0.5, 0.6) is 17.2 Å². The molecule has 0 saturated carbocycles. The van der Waals surface area contributed by atoms with Gasteiger partial charge in [-0.1, -0.05) is 317 Å². The fourth-order valence-electron chi connectivity index (χ4n) is 10.3. The molecule has 0 unspecified atom stereocenters. The van der Waals surface area contributed by atoms with Crippen molar-refractivity contribution in [2.24, 2.45) is 0 Å². The Bertz CT molecular complexity index is 1260. The summed E-state index contributed by atoms with van der Waals surface area (Å²) in [6.45, 7) is 11.7. The van der Waals surface area contributed by atoms with Gasteiger partial charge in [-0.15, -0.1) is 5.76 Å².